The average molecular weight is 250 g/mol. The highest BCUT2D eigenvalue weighted by Gasteiger charge is 2.35. The van der Waals surface area contributed by atoms with Crippen molar-refractivity contribution in [3.63, 3.8) is 0 Å². The number of epoxide rings is 1. The molecule has 1 aromatic carbocycles. The Morgan fingerprint density at radius 1 is 1.17 bits per heavy atom. The molecule has 1 saturated heterocycles. The maximum absolute atomic E-state index is 5.55. The molecule has 3 heteroatoms. The minimum Gasteiger partial charge on any atom is -0.493 e. The molecule has 0 amide bonds. The van der Waals surface area contributed by atoms with Gasteiger partial charge in [0.1, 0.15) is 0 Å². The Morgan fingerprint density at radius 2 is 2.00 bits per heavy atom. The zero-order valence-corrected chi connectivity index (χ0v) is 11.4. The highest BCUT2D eigenvalue weighted by molar-refractivity contribution is 5.43. The molecule has 100 valence electrons. The van der Waals surface area contributed by atoms with Gasteiger partial charge < -0.3 is 14.2 Å². The summed E-state index contributed by atoms with van der Waals surface area (Å²) in [6, 6.07) is 6.16. The van der Waals surface area contributed by atoms with Crippen molar-refractivity contribution in [2.45, 2.75) is 45.3 Å². The fraction of sp³-hybridized carbons (Fsp3) is 0.600. The summed E-state index contributed by atoms with van der Waals surface area (Å²) in [7, 11) is 1.68. The highest BCUT2D eigenvalue weighted by Crippen LogP contribution is 2.32. The van der Waals surface area contributed by atoms with Crippen LogP contribution in [0.4, 0.5) is 0 Å². The second kappa shape index (κ2) is 6.10. The quantitative estimate of drug-likeness (QED) is 0.696. The molecule has 0 N–H and O–H groups in total. The molecule has 0 aromatic heterocycles. The SMILES string of the molecule is CCOc1ccc(CCC2OC2CC)cc1OC. The predicted molar refractivity (Wildman–Crippen MR) is 71.4 cm³/mol. The number of methoxy groups -OCH3 is 1. The largest absolute Gasteiger partial charge is 0.493 e. The van der Waals surface area contributed by atoms with E-state index in [1.54, 1.807) is 7.11 Å². The van der Waals surface area contributed by atoms with Gasteiger partial charge in [-0.05, 0) is 43.9 Å². The van der Waals surface area contributed by atoms with Gasteiger partial charge in [-0.2, -0.15) is 0 Å². The molecule has 1 heterocycles. The van der Waals surface area contributed by atoms with Crippen LogP contribution in [0.3, 0.4) is 0 Å². The normalized spacial score (nSPS) is 21.7. The summed E-state index contributed by atoms with van der Waals surface area (Å²) in [6.07, 6.45) is 4.21. The van der Waals surface area contributed by atoms with E-state index in [1.807, 2.05) is 13.0 Å². The Bertz CT molecular complexity index is 389. The van der Waals surface area contributed by atoms with Crippen molar-refractivity contribution in [2.24, 2.45) is 0 Å². The van der Waals surface area contributed by atoms with Gasteiger partial charge in [0.25, 0.3) is 0 Å². The van der Waals surface area contributed by atoms with Gasteiger partial charge in [0.2, 0.25) is 0 Å². The molecule has 3 nitrogen and oxygen atoms in total. The van der Waals surface area contributed by atoms with Crippen LogP contribution in [0, 0.1) is 0 Å². The third-order valence-electron chi connectivity index (χ3n) is 3.34. The van der Waals surface area contributed by atoms with Crippen LogP contribution in [-0.4, -0.2) is 25.9 Å². The number of aryl methyl sites for hydroxylation is 1. The summed E-state index contributed by atoms with van der Waals surface area (Å²) in [5.41, 5.74) is 1.28. The molecule has 1 aliphatic heterocycles. The molecular weight excluding hydrogens is 228 g/mol. The summed E-state index contributed by atoms with van der Waals surface area (Å²) < 4.78 is 16.4. The van der Waals surface area contributed by atoms with Gasteiger partial charge in [0.05, 0.1) is 25.9 Å². The third-order valence-corrected chi connectivity index (χ3v) is 3.34. The number of hydrogen-bond donors (Lipinski definition) is 0. The second-order valence-electron chi connectivity index (χ2n) is 4.58. The van der Waals surface area contributed by atoms with E-state index in [0.29, 0.717) is 18.8 Å². The summed E-state index contributed by atoms with van der Waals surface area (Å²) in [6.45, 7) is 4.80. The van der Waals surface area contributed by atoms with Crippen LogP contribution < -0.4 is 9.47 Å². The van der Waals surface area contributed by atoms with Crippen molar-refractivity contribution in [1.82, 2.24) is 0 Å². The van der Waals surface area contributed by atoms with Crippen molar-refractivity contribution >= 4 is 0 Å². The number of benzene rings is 1. The first-order valence-corrected chi connectivity index (χ1v) is 6.73. The lowest BCUT2D eigenvalue weighted by molar-refractivity contribution is 0.310. The molecule has 0 spiro atoms. The van der Waals surface area contributed by atoms with E-state index in [-0.39, 0.29) is 0 Å². The molecule has 0 saturated carbocycles. The van der Waals surface area contributed by atoms with Crippen LogP contribution in [0.2, 0.25) is 0 Å². The van der Waals surface area contributed by atoms with Gasteiger partial charge in [0.15, 0.2) is 11.5 Å². The van der Waals surface area contributed by atoms with Crippen LogP contribution in [-0.2, 0) is 11.2 Å². The van der Waals surface area contributed by atoms with Gasteiger partial charge in [-0.25, -0.2) is 0 Å². The van der Waals surface area contributed by atoms with Crippen molar-refractivity contribution < 1.29 is 14.2 Å². The van der Waals surface area contributed by atoms with Crippen LogP contribution in [0.1, 0.15) is 32.3 Å². The van der Waals surface area contributed by atoms with E-state index in [2.05, 4.69) is 19.1 Å². The van der Waals surface area contributed by atoms with E-state index in [4.69, 9.17) is 14.2 Å². The summed E-state index contributed by atoms with van der Waals surface area (Å²) in [5.74, 6) is 1.64. The molecule has 2 rings (SSSR count). The fourth-order valence-electron chi connectivity index (χ4n) is 2.24. The Morgan fingerprint density at radius 3 is 2.61 bits per heavy atom. The van der Waals surface area contributed by atoms with Crippen LogP contribution in [0.15, 0.2) is 18.2 Å². The van der Waals surface area contributed by atoms with Crippen molar-refractivity contribution in [1.29, 1.82) is 0 Å². The lowest BCUT2D eigenvalue weighted by atomic mass is 10.1. The molecule has 2 unspecified atom stereocenters. The lowest BCUT2D eigenvalue weighted by Crippen LogP contribution is -1.98. The Labute approximate surface area is 109 Å². The molecular formula is C15H22O3. The van der Waals surface area contributed by atoms with E-state index in [1.165, 1.54) is 5.56 Å². The monoisotopic (exact) mass is 250 g/mol. The smallest absolute Gasteiger partial charge is 0.161 e. The van der Waals surface area contributed by atoms with Gasteiger partial charge in [0, 0.05) is 0 Å². The first-order chi connectivity index (χ1) is 8.78. The zero-order chi connectivity index (χ0) is 13.0. The Hall–Kier alpha value is -1.22. The average Bonchev–Trinajstić information content (AvgIpc) is 3.16. The van der Waals surface area contributed by atoms with Crippen LogP contribution in [0.5, 0.6) is 11.5 Å². The molecule has 18 heavy (non-hydrogen) atoms. The number of hydrogen-bond acceptors (Lipinski definition) is 3. The van der Waals surface area contributed by atoms with Crippen LogP contribution in [0.25, 0.3) is 0 Å². The first kappa shape index (κ1) is 13.2. The Kier molecular flexibility index (Phi) is 4.48. The van der Waals surface area contributed by atoms with E-state index >= 15 is 0 Å². The summed E-state index contributed by atoms with van der Waals surface area (Å²) in [4.78, 5) is 0. The fourth-order valence-corrected chi connectivity index (χ4v) is 2.24. The number of ether oxygens (including phenoxy) is 3. The van der Waals surface area contributed by atoms with Crippen molar-refractivity contribution in [3.8, 4) is 11.5 Å². The highest BCUT2D eigenvalue weighted by atomic mass is 16.6. The molecule has 1 aromatic rings. The third kappa shape index (κ3) is 3.16. The lowest BCUT2D eigenvalue weighted by Gasteiger charge is -2.10. The zero-order valence-electron chi connectivity index (χ0n) is 11.4. The van der Waals surface area contributed by atoms with Crippen molar-refractivity contribution in [3.05, 3.63) is 23.8 Å². The minimum absolute atomic E-state index is 0.465. The number of rotatable bonds is 7. The molecule has 2 atom stereocenters. The van der Waals surface area contributed by atoms with Crippen molar-refractivity contribution in [2.75, 3.05) is 13.7 Å². The van der Waals surface area contributed by atoms with Gasteiger partial charge >= 0.3 is 0 Å². The Balaban J connectivity index is 1.92. The van der Waals surface area contributed by atoms with E-state index in [0.717, 1.165) is 30.8 Å². The second-order valence-corrected chi connectivity index (χ2v) is 4.58. The summed E-state index contributed by atoms with van der Waals surface area (Å²) in [5, 5.41) is 0. The van der Waals surface area contributed by atoms with Crippen LogP contribution >= 0.6 is 0 Å². The predicted octanol–water partition coefficient (Wildman–Crippen LogP) is 3.20. The molecule has 0 aliphatic carbocycles. The van der Waals surface area contributed by atoms with E-state index in [9.17, 15) is 0 Å². The summed E-state index contributed by atoms with van der Waals surface area (Å²) >= 11 is 0. The van der Waals surface area contributed by atoms with Gasteiger partial charge in [-0.15, -0.1) is 0 Å². The molecule has 1 aliphatic rings. The standard InChI is InChI=1S/C15H22O3/c1-4-12-14(18-12)9-7-11-6-8-13(17-5-2)15(10-11)16-3/h6,8,10,12,14H,4-5,7,9H2,1-3H3. The molecule has 1 fully saturated rings. The van der Waals surface area contributed by atoms with E-state index < -0.39 is 0 Å². The molecule has 0 radical (unpaired) electrons. The van der Waals surface area contributed by atoms with Gasteiger partial charge in [-0.3, -0.25) is 0 Å². The maximum Gasteiger partial charge on any atom is 0.161 e. The van der Waals surface area contributed by atoms with Gasteiger partial charge in [-0.1, -0.05) is 13.0 Å². The molecule has 0 bridgehead atoms. The topological polar surface area (TPSA) is 31.0 Å². The maximum atomic E-state index is 5.55. The first-order valence-electron chi connectivity index (χ1n) is 6.73. The minimum atomic E-state index is 0.465.